The van der Waals surface area contributed by atoms with Gasteiger partial charge in [0.15, 0.2) is 0 Å². The molecule has 0 amide bonds. The number of nitrogens with zero attached hydrogens (tertiary/aromatic N) is 1. The van der Waals surface area contributed by atoms with Gasteiger partial charge in [-0.1, -0.05) is 31.2 Å². The lowest BCUT2D eigenvalue weighted by Gasteiger charge is -2.21. The third-order valence-electron chi connectivity index (χ3n) is 3.36. The van der Waals surface area contributed by atoms with Gasteiger partial charge in [0.1, 0.15) is 5.82 Å². The van der Waals surface area contributed by atoms with Gasteiger partial charge >= 0.3 is 0 Å². The highest BCUT2D eigenvalue weighted by molar-refractivity contribution is 5.21. The Labute approximate surface area is 118 Å². The van der Waals surface area contributed by atoms with Crippen LogP contribution in [0.15, 0.2) is 47.3 Å². The fraction of sp³-hybridized carbons (Fsp3) is 0.312. The number of hydrogen-bond donors (Lipinski definition) is 1. The van der Waals surface area contributed by atoms with Crippen molar-refractivity contribution in [1.82, 2.24) is 9.88 Å². The van der Waals surface area contributed by atoms with Crippen molar-refractivity contribution in [2.24, 2.45) is 0 Å². The number of aromatic nitrogens is 1. The average molecular weight is 274 g/mol. The molecule has 1 unspecified atom stereocenters. The molecule has 0 bridgehead atoms. The molecular formula is C16H19FN2O. The number of hydrogen-bond acceptors (Lipinski definition) is 2. The van der Waals surface area contributed by atoms with Crippen LogP contribution in [0.4, 0.5) is 4.39 Å². The topological polar surface area (TPSA) is 34.0 Å². The van der Waals surface area contributed by atoms with E-state index in [1.807, 2.05) is 26.0 Å². The van der Waals surface area contributed by atoms with Crippen LogP contribution in [0.1, 0.15) is 24.2 Å². The second-order valence-electron chi connectivity index (χ2n) is 4.75. The van der Waals surface area contributed by atoms with Crippen molar-refractivity contribution in [3.8, 4) is 0 Å². The largest absolute Gasteiger partial charge is 0.311 e. The molecule has 0 spiro atoms. The Morgan fingerprint density at radius 2 is 1.95 bits per heavy atom. The molecule has 1 N–H and O–H groups in total. The van der Waals surface area contributed by atoms with Gasteiger partial charge in [0.2, 0.25) is 0 Å². The van der Waals surface area contributed by atoms with Crippen LogP contribution >= 0.6 is 0 Å². The standard InChI is InChI=1S/C16H19FN2O/c1-3-18-15(13-8-4-5-9-14(13)17)11-19-12(2)7-6-10-16(19)20/h4-10,15,18H,3,11H2,1-2H3. The van der Waals surface area contributed by atoms with Gasteiger partial charge in [-0.25, -0.2) is 4.39 Å². The maximum atomic E-state index is 13.9. The average Bonchev–Trinajstić information content (AvgIpc) is 2.43. The molecular weight excluding hydrogens is 255 g/mol. The first-order chi connectivity index (χ1) is 9.63. The molecule has 0 saturated heterocycles. The van der Waals surface area contributed by atoms with E-state index in [1.165, 1.54) is 12.1 Å². The SMILES string of the molecule is CCNC(Cn1c(C)cccc1=O)c1ccccc1F. The monoisotopic (exact) mass is 274 g/mol. The minimum Gasteiger partial charge on any atom is -0.311 e. The minimum atomic E-state index is -0.250. The summed E-state index contributed by atoms with van der Waals surface area (Å²) < 4.78 is 15.6. The number of benzene rings is 1. The Hall–Kier alpha value is -1.94. The third-order valence-corrected chi connectivity index (χ3v) is 3.36. The van der Waals surface area contributed by atoms with Crippen molar-refractivity contribution in [3.63, 3.8) is 0 Å². The van der Waals surface area contributed by atoms with E-state index in [-0.39, 0.29) is 17.4 Å². The van der Waals surface area contributed by atoms with Crippen molar-refractivity contribution in [2.75, 3.05) is 6.54 Å². The second-order valence-corrected chi connectivity index (χ2v) is 4.75. The van der Waals surface area contributed by atoms with Gasteiger partial charge in [-0.15, -0.1) is 0 Å². The van der Waals surface area contributed by atoms with Gasteiger partial charge in [0, 0.05) is 23.9 Å². The van der Waals surface area contributed by atoms with E-state index in [0.29, 0.717) is 18.7 Å². The normalized spacial score (nSPS) is 12.3. The highest BCUT2D eigenvalue weighted by Gasteiger charge is 2.16. The molecule has 1 aromatic carbocycles. The predicted octanol–water partition coefficient (Wildman–Crippen LogP) is 2.65. The van der Waals surface area contributed by atoms with Gasteiger partial charge in [-0.3, -0.25) is 4.79 Å². The molecule has 0 aliphatic rings. The van der Waals surface area contributed by atoms with E-state index < -0.39 is 0 Å². The first kappa shape index (κ1) is 14.5. The molecule has 3 nitrogen and oxygen atoms in total. The van der Waals surface area contributed by atoms with Crippen LogP contribution in [0.3, 0.4) is 0 Å². The summed E-state index contributed by atoms with van der Waals surface area (Å²) in [5.41, 5.74) is 1.39. The summed E-state index contributed by atoms with van der Waals surface area (Å²) in [6.45, 7) is 4.97. The lowest BCUT2D eigenvalue weighted by molar-refractivity contribution is 0.443. The second kappa shape index (κ2) is 6.48. The van der Waals surface area contributed by atoms with Gasteiger partial charge in [0.05, 0.1) is 6.04 Å². The molecule has 0 aliphatic carbocycles. The molecule has 2 rings (SSSR count). The van der Waals surface area contributed by atoms with Crippen molar-refractivity contribution < 1.29 is 4.39 Å². The summed E-state index contributed by atoms with van der Waals surface area (Å²) in [6, 6.07) is 11.6. The molecule has 106 valence electrons. The zero-order valence-corrected chi connectivity index (χ0v) is 11.8. The molecule has 20 heavy (non-hydrogen) atoms. The molecule has 1 atom stereocenters. The van der Waals surface area contributed by atoms with Gasteiger partial charge in [-0.2, -0.15) is 0 Å². The van der Waals surface area contributed by atoms with E-state index in [4.69, 9.17) is 0 Å². The number of rotatable bonds is 5. The Kier molecular flexibility index (Phi) is 4.69. The summed E-state index contributed by atoms with van der Waals surface area (Å²) in [6.07, 6.45) is 0. The van der Waals surface area contributed by atoms with Crippen LogP contribution < -0.4 is 10.9 Å². The van der Waals surface area contributed by atoms with Crippen LogP contribution in [0.25, 0.3) is 0 Å². The van der Waals surface area contributed by atoms with E-state index in [0.717, 1.165) is 5.69 Å². The minimum absolute atomic E-state index is 0.0655. The third kappa shape index (κ3) is 3.14. The Balaban J connectivity index is 2.36. The van der Waals surface area contributed by atoms with E-state index in [1.54, 1.807) is 22.8 Å². The fourth-order valence-electron chi connectivity index (χ4n) is 2.32. The van der Waals surface area contributed by atoms with Gasteiger partial charge in [-0.05, 0) is 25.6 Å². The van der Waals surface area contributed by atoms with Crippen molar-refractivity contribution in [3.05, 3.63) is 69.9 Å². The molecule has 1 aromatic heterocycles. The van der Waals surface area contributed by atoms with Crippen molar-refractivity contribution >= 4 is 0 Å². The molecule has 1 heterocycles. The first-order valence-electron chi connectivity index (χ1n) is 6.77. The van der Waals surface area contributed by atoms with Gasteiger partial charge in [0.25, 0.3) is 5.56 Å². The maximum Gasteiger partial charge on any atom is 0.250 e. The lowest BCUT2D eigenvalue weighted by atomic mass is 10.1. The van der Waals surface area contributed by atoms with Crippen LogP contribution in [0.2, 0.25) is 0 Å². The molecule has 0 fully saturated rings. The number of likely N-dealkylation sites (N-methyl/N-ethyl adjacent to an activating group) is 1. The number of aryl methyl sites for hydroxylation is 1. The Morgan fingerprint density at radius 1 is 1.20 bits per heavy atom. The van der Waals surface area contributed by atoms with Crippen LogP contribution in [-0.4, -0.2) is 11.1 Å². The molecule has 0 radical (unpaired) electrons. The summed E-state index contributed by atoms with van der Waals surface area (Å²) >= 11 is 0. The van der Waals surface area contributed by atoms with Crippen molar-refractivity contribution in [2.45, 2.75) is 26.4 Å². The number of nitrogens with one attached hydrogen (secondary N) is 1. The smallest absolute Gasteiger partial charge is 0.250 e. The van der Waals surface area contributed by atoms with E-state index >= 15 is 0 Å². The predicted molar refractivity (Wildman–Crippen MR) is 78.3 cm³/mol. The quantitative estimate of drug-likeness (QED) is 0.909. The molecule has 4 heteroatoms. The van der Waals surface area contributed by atoms with Crippen LogP contribution in [0, 0.1) is 12.7 Å². The number of pyridine rings is 1. The first-order valence-corrected chi connectivity index (χ1v) is 6.77. The summed E-state index contributed by atoms with van der Waals surface area (Å²) in [4.78, 5) is 11.9. The Bertz CT molecular complexity index is 636. The van der Waals surface area contributed by atoms with E-state index in [2.05, 4.69) is 5.32 Å². The van der Waals surface area contributed by atoms with Gasteiger partial charge < -0.3 is 9.88 Å². The highest BCUT2D eigenvalue weighted by Crippen LogP contribution is 2.18. The lowest BCUT2D eigenvalue weighted by Crippen LogP contribution is -2.31. The highest BCUT2D eigenvalue weighted by atomic mass is 19.1. The van der Waals surface area contributed by atoms with E-state index in [9.17, 15) is 9.18 Å². The summed E-state index contributed by atoms with van der Waals surface area (Å²) in [5, 5.41) is 3.24. The molecule has 0 saturated carbocycles. The molecule has 2 aromatic rings. The Morgan fingerprint density at radius 3 is 2.60 bits per heavy atom. The number of halogens is 1. The zero-order chi connectivity index (χ0) is 14.5. The van der Waals surface area contributed by atoms with Crippen LogP contribution in [0.5, 0.6) is 0 Å². The zero-order valence-electron chi connectivity index (χ0n) is 11.8. The maximum absolute atomic E-state index is 13.9. The van der Waals surface area contributed by atoms with Crippen molar-refractivity contribution in [1.29, 1.82) is 0 Å². The molecule has 0 aliphatic heterocycles. The summed E-state index contributed by atoms with van der Waals surface area (Å²) in [7, 11) is 0. The summed E-state index contributed by atoms with van der Waals surface area (Å²) in [5.74, 6) is -0.250. The van der Waals surface area contributed by atoms with Crippen LogP contribution in [-0.2, 0) is 6.54 Å². The fourth-order valence-corrected chi connectivity index (χ4v) is 2.32.